The number of carbonyl (C=O) groups is 1. The molecule has 2 aliphatic rings. The fraction of sp³-hybridized carbons (Fsp3) is 0.581. The second kappa shape index (κ2) is 15.3. The zero-order valence-corrected chi connectivity index (χ0v) is 26.7. The molecule has 11 heteroatoms. The molecule has 0 bridgehead atoms. The summed E-state index contributed by atoms with van der Waals surface area (Å²) in [7, 11) is 0.395. The number of hydrogen-bond acceptors (Lipinski definition) is 5. The first-order valence-electron chi connectivity index (χ1n) is 14.8. The lowest BCUT2D eigenvalue weighted by molar-refractivity contribution is -0.126. The number of nitrogens with one attached hydrogen (secondary N) is 1. The van der Waals surface area contributed by atoms with Crippen molar-refractivity contribution in [3.05, 3.63) is 63.9 Å². The second-order valence-corrected chi connectivity index (χ2v) is 14.4. The lowest BCUT2D eigenvalue weighted by atomic mass is 9.75. The van der Waals surface area contributed by atoms with Gasteiger partial charge in [-0.15, -0.1) is 0 Å². The Balaban J connectivity index is 1.18. The third-order valence-corrected chi connectivity index (χ3v) is 11.3. The van der Waals surface area contributed by atoms with Crippen LogP contribution in [0.4, 0.5) is 4.39 Å². The van der Waals surface area contributed by atoms with Gasteiger partial charge in [-0.05, 0) is 93.9 Å². The normalized spacial score (nSPS) is 22.7. The van der Waals surface area contributed by atoms with Crippen molar-refractivity contribution >= 4 is 39.1 Å². The van der Waals surface area contributed by atoms with Crippen molar-refractivity contribution in [2.75, 3.05) is 40.4 Å². The van der Waals surface area contributed by atoms with Gasteiger partial charge in [0, 0.05) is 25.2 Å². The Morgan fingerprint density at radius 3 is 2.43 bits per heavy atom. The minimum Gasteiger partial charge on any atom is -0.370 e. The lowest BCUT2D eigenvalue weighted by Gasteiger charge is -2.37. The van der Waals surface area contributed by atoms with Gasteiger partial charge in [-0.25, -0.2) is 12.8 Å². The molecule has 0 aromatic heterocycles. The van der Waals surface area contributed by atoms with Crippen molar-refractivity contribution in [2.45, 2.75) is 68.3 Å². The predicted molar refractivity (Wildman–Crippen MR) is 165 cm³/mol. The molecule has 2 fully saturated rings. The Labute approximate surface area is 259 Å². The van der Waals surface area contributed by atoms with E-state index in [1.807, 2.05) is 12.1 Å². The standard InChI is InChI=1S/C31H42Cl2FN3O4S/c1-36(2)31(24-10-12-25(34)13-11-24)23-8-6-22(7-9-23)16-17-35-30(38)21-41-20-26-5-3-4-18-37(26)42(39,40)27-14-15-28(32)29(33)19-27/h10-15,19,22-23,26,31H,3-9,16-18,20-21H2,1-2H3,(H,35,38). The number of nitrogens with zero attached hydrogens (tertiary/aromatic N) is 2. The summed E-state index contributed by atoms with van der Waals surface area (Å²) in [6.45, 7) is 1.03. The Morgan fingerprint density at radius 1 is 1.05 bits per heavy atom. The van der Waals surface area contributed by atoms with Crippen LogP contribution in [0.15, 0.2) is 47.4 Å². The largest absolute Gasteiger partial charge is 0.370 e. The number of carbonyl (C=O) groups excluding carboxylic acids is 1. The molecule has 232 valence electrons. The van der Waals surface area contributed by atoms with Crippen LogP contribution in [-0.2, 0) is 19.6 Å². The van der Waals surface area contributed by atoms with E-state index in [1.165, 1.54) is 34.6 Å². The van der Waals surface area contributed by atoms with Gasteiger partial charge >= 0.3 is 0 Å². The number of ether oxygens (including phenoxy) is 1. The van der Waals surface area contributed by atoms with Gasteiger partial charge in [-0.1, -0.05) is 54.6 Å². The van der Waals surface area contributed by atoms with E-state index >= 15 is 0 Å². The smallest absolute Gasteiger partial charge is 0.245 e. The molecular formula is C31H42Cl2FN3O4S. The molecule has 0 spiro atoms. The van der Waals surface area contributed by atoms with Gasteiger partial charge in [0.15, 0.2) is 0 Å². The van der Waals surface area contributed by atoms with E-state index in [1.54, 1.807) is 0 Å². The maximum absolute atomic E-state index is 13.4. The average molecular weight is 643 g/mol. The third-order valence-electron chi connectivity index (χ3n) is 8.59. The van der Waals surface area contributed by atoms with E-state index in [0.29, 0.717) is 36.4 Å². The topological polar surface area (TPSA) is 79.0 Å². The van der Waals surface area contributed by atoms with Gasteiger partial charge in [0.2, 0.25) is 15.9 Å². The maximum atomic E-state index is 13.4. The van der Waals surface area contributed by atoms with Crippen LogP contribution in [0, 0.1) is 17.7 Å². The molecule has 0 radical (unpaired) electrons. The van der Waals surface area contributed by atoms with Crippen LogP contribution in [0.2, 0.25) is 10.0 Å². The number of sulfonamides is 1. The molecule has 1 aliphatic heterocycles. The molecule has 2 aromatic carbocycles. The zero-order valence-electron chi connectivity index (χ0n) is 24.4. The monoisotopic (exact) mass is 641 g/mol. The molecule has 1 heterocycles. The summed E-state index contributed by atoms with van der Waals surface area (Å²) in [5.41, 5.74) is 1.15. The summed E-state index contributed by atoms with van der Waals surface area (Å²) in [5.74, 6) is 0.670. The van der Waals surface area contributed by atoms with Crippen molar-refractivity contribution in [3.63, 3.8) is 0 Å². The summed E-state index contributed by atoms with van der Waals surface area (Å²) >= 11 is 12.0. The van der Waals surface area contributed by atoms with E-state index < -0.39 is 10.0 Å². The van der Waals surface area contributed by atoms with Crippen LogP contribution in [0.5, 0.6) is 0 Å². The molecule has 2 atom stereocenters. The maximum Gasteiger partial charge on any atom is 0.245 e. The summed E-state index contributed by atoms with van der Waals surface area (Å²) < 4.78 is 47.2. The van der Waals surface area contributed by atoms with E-state index in [0.717, 1.165) is 50.5 Å². The first-order chi connectivity index (χ1) is 20.1. The molecule has 1 amide bonds. The van der Waals surface area contributed by atoms with Crippen LogP contribution >= 0.6 is 23.2 Å². The summed E-state index contributed by atoms with van der Waals surface area (Å²) in [5, 5.41) is 3.45. The highest BCUT2D eigenvalue weighted by molar-refractivity contribution is 7.89. The lowest BCUT2D eigenvalue weighted by Crippen LogP contribution is -2.46. The molecule has 2 aromatic rings. The van der Waals surface area contributed by atoms with E-state index in [4.69, 9.17) is 27.9 Å². The number of benzene rings is 2. The molecule has 1 N–H and O–H groups in total. The minimum atomic E-state index is -3.77. The molecule has 4 rings (SSSR count). The molecule has 7 nitrogen and oxygen atoms in total. The summed E-state index contributed by atoms with van der Waals surface area (Å²) in [6.07, 6.45) is 7.66. The van der Waals surface area contributed by atoms with Crippen LogP contribution in [0.1, 0.15) is 63.0 Å². The summed E-state index contributed by atoms with van der Waals surface area (Å²) in [6, 6.07) is 11.1. The Hall–Kier alpha value is -1.75. The summed E-state index contributed by atoms with van der Waals surface area (Å²) in [4.78, 5) is 14.8. The quantitative estimate of drug-likeness (QED) is 0.294. The predicted octanol–water partition coefficient (Wildman–Crippen LogP) is 6.31. The van der Waals surface area contributed by atoms with Crippen LogP contribution in [0.25, 0.3) is 0 Å². The van der Waals surface area contributed by atoms with Gasteiger partial charge in [0.25, 0.3) is 0 Å². The first-order valence-corrected chi connectivity index (χ1v) is 17.0. The fourth-order valence-electron chi connectivity index (χ4n) is 6.43. The van der Waals surface area contributed by atoms with Crippen LogP contribution in [-0.4, -0.2) is 70.0 Å². The van der Waals surface area contributed by atoms with Crippen molar-refractivity contribution < 1.29 is 22.3 Å². The fourth-order valence-corrected chi connectivity index (χ4v) is 8.50. The number of amides is 1. The molecule has 1 aliphatic carbocycles. The highest BCUT2D eigenvalue weighted by atomic mass is 35.5. The molecule has 1 saturated heterocycles. The van der Waals surface area contributed by atoms with Crippen molar-refractivity contribution in [1.82, 2.24) is 14.5 Å². The highest BCUT2D eigenvalue weighted by Crippen LogP contribution is 2.40. The van der Waals surface area contributed by atoms with Gasteiger partial charge < -0.3 is 15.0 Å². The first kappa shape index (κ1) is 33.1. The SMILES string of the molecule is CN(C)C(c1ccc(F)cc1)C1CCC(CCNC(=O)COCC2CCCCN2S(=O)(=O)c2ccc(Cl)c(Cl)c2)CC1. The molecule has 42 heavy (non-hydrogen) atoms. The Bertz CT molecular complexity index is 1290. The average Bonchev–Trinajstić information content (AvgIpc) is 2.96. The molecule has 2 unspecified atom stereocenters. The van der Waals surface area contributed by atoms with E-state index in [2.05, 4.69) is 24.3 Å². The number of halogens is 3. The van der Waals surface area contributed by atoms with Gasteiger partial charge in [0.05, 0.1) is 21.5 Å². The number of hydrogen-bond donors (Lipinski definition) is 1. The number of rotatable bonds is 12. The molecular weight excluding hydrogens is 600 g/mol. The van der Waals surface area contributed by atoms with Gasteiger partial charge in [0.1, 0.15) is 12.4 Å². The Morgan fingerprint density at radius 2 is 1.76 bits per heavy atom. The highest BCUT2D eigenvalue weighted by Gasteiger charge is 2.34. The second-order valence-electron chi connectivity index (χ2n) is 11.7. The van der Waals surface area contributed by atoms with Crippen LogP contribution in [0.3, 0.4) is 0 Å². The van der Waals surface area contributed by atoms with E-state index in [9.17, 15) is 17.6 Å². The Kier molecular flexibility index (Phi) is 12.1. The number of piperidine rings is 1. The van der Waals surface area contributed by atoms with Gasteiger partial charge in [-0.2, -0.15) is 4.31 Å². The van der Waals surface area contributed by atoms with E-state index in [-0.39, 0.29) is 46.9 Å². The van der Waals surface area contributed by atoms with Crippen molar-refractivity contribution in [3.8, 4) is 0 Å². The van der Waals surface area contributed by atoms with Crippen LogP contribution < -0.4 is 5.32 Å². The third kappa shape index (κ3) is 8.67. The molecule has 1 saturated carbocycles. The van der Waals surface area contributed by atoms with Gasteiger partial charge in [-0.3, -0.25) is 4.79 Å². The minimum absolute atomic E-state index is 0.100. The van der Waals surface area contributed by atoms with Crippen molar-refractivity contribution in [2.24, 2.45) is 11.8 Å². The van der Waals surface area contributed by atoms with Crippen molar-refractivity contribution in [1.29, 1.82) is 0 Å². The zero-order chi connectivity index (χ0) is 30.3.